The maximum Gasteiger partial charge on any atom is 0.416 e. The van der Waals surface area contributed by atoms with Crippen LogP contribution in [0.2, 0.25) is 0 Å². The molecular weight excluding hydrogens is 531 g/mol. The molecule has 2 aliphatic rings. The molecule has 2 atom stereocenters. The third-order valence-electron chi connectivity index (χ3n) is 7.31. The van der Waals surface area contributed by atoms with E-state index < -0.39 is 53.3 Å². The Labute approximate surface area is 219 Å². The fraction of sp³-hybridized carbons (Fsp3) is 0.423. The molecule has 0 bridgehead atoms. The number of hydrogen-bond donors (Lipinski definition) is 0. The van der Waals surface area contributed by atoms with Crippen molar-refractivity contribution in [1.82, 2.24) is 19.7 Å². The molecule has 1 aromatic heterocycles. The third kappa shape index (κ3) is 4.66. The Kier molecular flexibility index (Phi) is 6.47. The van der Waals surface area contributed by atoms with E-state index in [1.165, 1.54) is 25.2 Å². The number of halogens is 7. The van der Waals surface area contributed by atoms with Gasteiger partial charge >= 0.3 is 12.1 Å². The summed E-state index contributed by atoms with van der Waals surface area (Å²) in [5.74, 6) is -5.82. The summed E-state index contributed by atoms with van der Waals surface area (Å²) < 4.78 is 103. The first-order chi connectivity index (χ1) is 18.2. The van der Waals surface area contributed by atoms with E-state index in [1.807, 2.05) is 0 Å². The molecular formula is C26H24F7N5O. The Hall–Kier alpha value is -3.48. The van der Waals surface area contributed by atoms with Gasteiger partial charge in [0.05, 0.1) is 12.1 Å². The van der Waals surface area contributed by atoms with Crippen molar-refractivity contribution in [3.63, 3.8) is 0 Å². The van der Waals surface area contributed by atoms with Gasteiger partial charge in [-0.05, 0) is 54.3 Å². The van der Waals surface area contributed by atoms with E-state index in [2.05, 4.69) is 10.2 Å². The highest BCUT2D eigenvalue weighted by atomic mass is 19.4. The summed E-state index contributed by atoms with van der Waals surface area (Å²) >= 11 is 0. The summed E-state index contributed by atoms with van der Waals surface area (Å²) in [5.41, 5.74) is -5.08. The smallest absolute Gasteiger partial charge is 0.316 e. The zero-order chi connectivity index (χ0) is 28.3. The van der Waals surface area contributed by atoms with Crippen molar-refractivity contribution in [2.24, 2.45) is 7.05 Å². The maximum absolute atomic E-state index is 15.8. The van der Waals surface area contributed by atoms with Gasteiger partial charge in [-0.2, -0.15) is 22.0 Å². The Morgan fingerprint density at radius 1 is 1.08 bits per heavy atom. The van der Waals surface area contributed by atoms with Crippen LogP contribution in [0, 0.1) is 0 Å². The average Bonchev–Trinajstić information content (AvgIpc) is 3.57. The van der Waals surface area contributed by atoms with Gasteiger partial charge in [-0.25, -0.2) is 8.78 Å². The van der Waals surface area contributed by atoms with Gasteiger partial charge in [0, 0.05) is 37.9 Å². The monoisotopic (exact) mass is 555 g/mol. The molecule has 5 rings (SSSR count). The van der Waals surface area contributed by atoms with Gasteiger partial charge in [-0.3, -0.25) is 9.69 Å². The SMILES string of the molecule is Cn1cnnc1C(F)(F)C(C)(F)c1cccc(N2Cc3c(cc(CN4CC[C@@H](F)C4)cc3C(F)(F)F)C2=O)c1. The zero-order valence-electron chi connectivity index (χ0n) is 20.9. The largest absolute Gasteiger partial charge is 0.416 e. The van der Waals surface area contributed by atoms with Gasteiger partial charge < -0.3 is 9.47 Å². The van der Waals surface area contributed by atoms with E-state index in [9.17, 15) is 22.4 Å². The van der Waals surface area contributed by atoms with Gasteiger partial charge in [0.1, 0.15) is 12.5 Å². The normalized spacial score (nSPS) is 20.0. The Bertz CT molecular complexity index is 1420. The van der Waals surface area contributed by atoms with E-state index in [0.29, 0.717) is 13.5 Å². The first kappa shape index (κ1) is 27.1. The molecule has 1 fully saturated rings. The lowest BCUT2D eigenvalue weighted by Crippen LogP contribution is -2.39. The van der Waals surface area contributed by atoms with Crippen molar-refractivity contribution in [3.05, 3.63) is 76.4 Å². The Morgan fingerprint density at radius 3 is 2.44 bits per heavy atom. The van der Waals surface area contributed by atoms with Crippen LogP contribution in [0.1, 0.15) is 51.8 Å². The van der Waals surface area contributed by atoms with Crippen LogP contribution < -0.4 is 4.90 Å². The van der Waals surface area contributed by atoms with Gasteiger partial charge in [0.2, 0.25) is 11.5 Å². The number of rotatable bonds is 6. The quantitative estimate of drug-likeness (QED) is 0.377. The van der Waals surface area contributed by atoms with Crippen LogP contribution in [-0.4, -0.2) is 44.8 Å². The minimum Gasteiger partial charge on any atom is -0.316 e. The molecule has 1 amide bonds. The second-order valence-electron chi connectivity index (χ2n) is 10.1. The molecule has 208 valence electrons. The van der Waals surface area contributed by atoms with Crippen LogP contribution in [0.3, 0.4) is 0 Å². The van der Waals surface area contributed by atoms with Crippen LogP contribution >= 0.6 is 0 Å². The molecule has 0 spiro atoms. The summed E-state index contributed by atoms with van der Waals surface area (Å²) in [6.07, 6.45) is -4.56. The number of anilines is 1. The lowest BCUT2D eigenvalue weighted by Gasteiger charge is -2.30. The number of aromatic nitrogens is 3. The maximum atomic E-state index is 15.8. The number of likely N-dealkylation sites (tertiary alicyclic amines) is 1. The number of amides is 1. The van der Waals surface area contributed by atoms with Crippen LogP contribution in [0.25, 0.3) is 0 Å². The van der Waals surface area contributed by atoms with E-state index in [-0.39, 0.29) is 41.9 Å². The summed E-state index contributed by atoms with van der Waals surface area (Å²) in [6, 6.07) is 7.02. The topological polar surface area (TPSA) is 54.3 Å². The van der Waals surface area contributed by atoms with Crippen molar-refractivity contribution in [2.45, 2.75) is 50.4 Å². The van der Waals surface area contributed by atoms with Crippen LogP contribution in [-0.2, 0) is 37.9 Å². The Balaban J connectivity index is 1.49. The predicted molar refractivity (Wildman–Crippen MR) is 127 cm³/mol. The summed E-state index contributed by atoms with van der Waals surface area (Å²) in [4.78, 5) is 16.0. The minimum atomic E-state index is -4.78. The molecule has 0 radical (unpaired) electrons. The summed E-state index contributed by atoms with van der Waals surface area (Å²) in [5, 5.41) is 6.71. The van der Waals surface area contributed by atoms with E-state index in [1.54, 1.807) is 4.90 Å². The lowest BCUT2D eigenvalue weighted by molar-refractivity contribution is -0.149. The molecule has 2 aliphatic heterocycles. The van der Waals surface area contributed by atoms with E-state index in [4.69, 9.17) is 0 Å². The molecule has 6 nitrogen and oxygen atoms in total. The number of carbonyl (C=O) groups is 1. The predicted octanol–water partition coefficient (Wildman–Crippen LogP) is 5.51. The molecule has 39 heavy (non-hydrogen) atoms. The minimum absolute atomic E-state index is 0.0386. The fourth-order valence-electron chi connectivity index (χ4n) is 5.13. The number of alkyl halides is 7. The molecule has 2 aromatic carbocycles. The average molecular weight is 555 g/mol. The highest BCUT2D eigenvalue weighted by molar-refractivity contribution is 6.10. The number of hydrogen-bond acceptors (Lipinski definition) is 4. The number of carbonyl (C=O) groups excluding carboxylic acids is 1. The molecule has 3 aromatic rings. The van der Waals surface area contributed by atoms with Crippen LogP contribution in [0.15, 0.2) is 42.7 Å². The fourth-order valence-corrected chi connectivity index (χ4v) is 5.13. The van der Waals surface area contributed by atoms with Gasteiger partial charge in [-0.1, -0.05) is 12.1 Å². The molecule has 0 aliphatic carbocycles. The zero-order valence-corrected chi connectivity index (χ0v) is 20.9. The highest BCUT2D eigenvalue weighted by Crippen LogP contribution is 2.48. The molecule has 1 saturated heterocycles. The number of benzene rings is 2. The van der Waals surface area contributed by atoms with Crippen molar-refractivity contribution < 1.29 is 35.5 Å². The first-order valence-corrected chi connectivity index (χ1v) is 12.1. The molecule has 0 N–H and O–H groups in total. The highest BCUT2D eigenvalue weighted by Gasteiger charge is 2.57. The van der Waals surface area contributed by atoms with Gasteiger partial charge in [-0.15, -0.1) is 10.2 Å². The van der Waals surface area contributed by atoms with Crippen molar-refractivity contribution in [2.75, 3.05) is 18.0 Å². The van der Waals surface area contributed by atoms with Gasteiger partial charge in [0.15, 0.2) is 0 Å². The molecule has 3 heterocycles. The Morgan fingerprint density at radius 2 is 1.82 bits per heavy atom. The number of aryl methyl sites for hydroxylation is 1. The third-order valence-corrected chi connectivity index (χ3v) is 7.31. The van der Waals surface area contributed by atoms with Gasteiger partial charge in [0.25, 0.3) is 5.91 Å². The summed E-state index contributed by atoms with van der Waals surface area (Å²) in [7, 11) is 1.24. The van der Waals surface area contributed by atoms with Crippen LogP contribution in [0.5, 0.6) is 0 Å². The lowest BCUT2D eigenvalue weighted by atomic mass is 9.90. The van der Waals surface area contributed by atoms with E-state index >= 15 is 13.2 Å². The van der Waals surface area contributed by atoms with Crippen LogP contribution in [0.4, 0.5) is 36.4 Å². The van der Waals surface area contributed by atoms with Crippen molar-refractivity contribution in [1.29, 1.82) is 0 Å². The number of nitrogens with zero attached hydrogens (tertiary/aromatic N) is 5. The molecule has 1 unspecified atom stereocenters. The number of fused-ring (bicyclic) bond motifs is 1. The van der Waals surface area contributed by atoms with E-state index in [0.717, 1.165) is 34.0 Å². The standard InChI is InChI=1S/C26H24F7N5O/c1-24(28,25(29,30)23-35-34-14-36(23)2)16-4-3-5-18(10-16)38-13-20-19(22(38)39)8-15(9-21(20)26(31,32)33)11-37-7-6-17(27)12-37/h3-5,8-10,14,17H,6-7,11-13H2,1-2H3/t17-,24?/m1/s1. The van der Waals surface area contributed by atoms with Crippen molar-refractivity contribution in [3.8, 4) is 0 Å². The summed E-state index contributed by atoms with van der Waals surface area (Å²) in [6.45, 7) is 0.692. The molecule has 0 saturated carbocycles. The molecule has 13 heteroatoms. The first-order valence-electron chi connectivity index (χ1n) is 12.1. The second kappa shape index (κ2) is 9.32. The van der Waals surface area contributed by atoms with Crippen molar-refractivity contribution >= 4 is 11.6 Å². The second-order valence-corrected chi connectivity index (χ2v) is 10.1.